The number of thioether (sulfide) groups is 1. The first-order valence-corrected chi connectivity index (χ1v) is 9.36. The Labute approximate surface area is 164 Å². The molecule has 9 heteroatoms. The molecule has 0 spiro atoms. The molecule has 0 aliphatic carbocycles. The second-order valence-corrected chi connectivity index (χ2v) is 7.65. The van der Waals surface area contributed by atoms with E-state index in [0.29, 0.717) is 20.9 Å². The summed E-state index contributed by atoms with van der Waals surface area (Å²) in [6.07, 6.45) is 0. The van der Waals surface area contributed by atoms with Gasteiger partial charge in [-0.3, -0.25) is 4.79 Å². The van der Waals surface area contributed by atoms with Crippen LogP contribution in [-0.4, -0.2) is 31.4 Å². The highest BCUT2D eigenvalue weighted by molar-refractivity contribution is 8.00. The van der Waals surface area contributed by atoms with Gasteiger partial charge >= 0.3 is 0 Å². The Kier molecular flexibility index (Phi) is 5.80. The molecular weight excluding hydrogens is 393 g/mol. The van der Waals surface area contributed by atoms with E-state index >= 15 is 0 Å². The number of nitrogens with one attached hydrogen (secondary N) is 1. The third-order valence-electron chi connectivity index (χ3n) is 3.58. The van der Waals surface area contributed by atoms with E-state index in [-0.39, 0.29) is 5.91 Å². The minimum Gasteiger partial charge on any atom is -0.324 e. The summed E-state index contributed by atoms with van der Waals surface area (Å²) < 4.78 is 1.60. The highest BCUT2D eigenvalue weighted by Crippen LogP contribution is 2.30. The summed E-state index contributed by atoms with van der Waals surface area (Å²) in [4.78, 5) is 12.5. The zero-order valence-electron chi connectivity index (χ0n) is 14.0. The van der Waals surface area contributed by atoms with Gasteiger partial charge < -0.3 is 5.32 Å². The van der Waals surface area contributed by atoms with Crippen molar-refractivity contribution in [3.8, 4) is 5.69 Å². The van der Waals surface area contributed by atoms with Gasteiger partial charge in [0.2, 0.25) is 11.1 Å². The Bertz CT molecular complexity index is 929. The van der Waals surface area contributed by atoms with E-state index in [4.69, 9.17) is 23.2 Å². The average molecular weight is 408 g/mol. The van der Waals surface area contributed by atoms with Crippen molar-refractivity contribution in [1.29, 1.82) is 0 Å². The van der Waals surface area contributed by atoms with Crippen molar-refractivity contribution in [2.75, 3.05) is 5.32 Å². The van der Waals surface area contributed by atoms with E-state index < -0.39 is 5.25 Å². The average Bonchev–Trinajstić information content (AvgIpc) is 3.07. The maximum Gasteiger partial charge on any atom is 0.237 e. The Morgan fingerprint density at radius 2 is 1.92 bits per heavy atom. The van der Waals surface area contributed by atoms with Crippen molar-refractivity contribution in [3.63, 3.8) is 0 Å². The van der Waals surface area contributed by atoms with E-state index in [9.17, 15) is 4.79 Å². The molecule has 3 aromatic rings. The van der Waals surface area contributed by atoms with Crippen LogP contribution >= 0.6 is 35.0 Å². The van der Waals surface area contributed by atoms with Crippen LogP contribution in [0.3, 0.4) is 0 Å². The molecule has 0 bridgehead atoms. The SMILES string of the molecule is Cc1ccc(-n2nnnc2SC(C)C(=O)Nc2cccc(Cl)c2Cl)cc1. The fourth-order valence-corrected chi connectivity index (χ4v) is 3.30. The van der Waals surface area contributed by atoms with Gasteiger partial charge in [0.15, 0.2) is 0 Å². The summed E-state index contributed by atoms with van der Waals surface area (Å²) in [5.74, 6) is -0.224. The van der Waals surface area contributed by atoms with Crippen LogP contribution in [0.15, 0.2) is 47.6 Å². The number of hydrogen-bond acceptors (Lipinski definition) is 5. The van der Waals surface area contributed by atoms with Gasteiger partial charge in [-0.05, 0) is 48.5 Å². The van der Waals surface area contributed by atoms with Crippen molar-refractivity contribution in [2.24, 2.45) is 0 Å². The topological polar surface area (TPSA) is 72.7 Å². The smallest absolute Gasteiger partial charge is 0.237 e. The van der Waals surface area contributed by atoms with Crippen molar-refractivity contribution < 1.29 is 4.79 Å². The summed E-state index contributed by atoms with van der Waals surface area (Å²) >= 11 is 13.3. The molecule has 134 valence electrons. The normalized spacial score (nSPS) is 12.0. The highest BCUT2D eigenvalue weighted by atomic mass is 35.5. The third kappa shape index (κ3) is 4.17. The number of hydrogen-bond donors (Lipinski definition) is 1. The van der Waals surface area contributed by atoms with E-state index in [1.165, 1.54) is 11.8 Å². The number of benzene rings is 2. The van der Waals surface area contributed by atoms with Gasteiger partial charge in [0.1, 0.15) is 0 Å². The predicted octanol–water partition coefficient (Wildman–Crippen LogP) is 4.40. The number of aromatic nitrogens is 4. The van der Waals surface area contributed by atoms with Crippen LogP contribution in [0.1, 0.15) is 12.5 Å². The van der Waals surface area contributed by atoms with Crippen molar-refractivity contribution in [2.45, 2.75) is 24.3 Å². The lowest BCUT2D eigenvalue weighted by Gasteiger charge is -2.13. The Balaban J connectivity index is 1.73. The predicted molar refractivity (Wildman–Crippen MR) is 104 cm³/mol. The minimum absolute atomic E-state index is 0.224. The molecule has 1 heterocycles. The van der Waals surface area contributed by atoms with Crippen LogP contribution in [-0.2, 0) is 4.79 Å². The lowest BCUT2D eigenvalue weighted by molar-refractivity contribution is -0.115. The second-order valence-electron chi connectivity index (χ2n) is 5.56. The molecule has 0 saturated carbocycles. The third-order valence-corrected chi connectivity index (χ3v) is 5.43. The van der Waals surface area contributed by atoms with E-state index in [1.54, 1.807) is 29.8 Å². The monoisotopic (exact) mass is 407 g/mol. The van der Waals surface area contributed by atoms with E-state index in [0.717, 1.165) is 11.3 Å². The molecule has 1 aromatic heterocycles. The zero-order chi connectivity index (χ0) is 18.7. The summed E-state index contributed by atoms with van der Waals surface area (Å²) in [6.45, 7) is 3.78. The number of amides is 1. The lowest BCUT2D eigenvalue weighted by Crippen LogP contribution is -2.23. The molecule has 0 radical (unpaired) electrons. The molecular formula is C17H15Cl2N5OS. The summed E-state index contributed by atoms with van der Waals surface area (Å²) in [7, 11) is 0. The lowest BCUT2D eigenvalue weighted by atomic mass is 10.2. The number of halogens is 2. The summed E-state index contributed by atoms with van der Waals surface area (Å²) in [5, 5.41) is 15.3. The second kappa shape index (κ2) is 8.07. The first-order chi connectivity index (χ1) is 12.5. The number of aryl methyl sites for hydroxylation is 1. The molecule has 6 nitrogen and oxygen atoms in total. The molecule has 0 aliphatic rings. The Hall–Kier alpha value is -2.09. The molecule has 1 unspecified atom stereocenters. The van der Waals surface area contributed by atoms with Crippen LogP contribution in [0.2, 0.25) is 10.0 Å². The summed E-state index contributed by atoms with van der Waals surface area (Å²) in [5.41, 5.74) is 2.44. The molecule has 1 N–H and O–H groups in total. The van der Waals surface area contributed by atoms with Crippen LogP contribution in [0.5, 0.6) is 0 Å². The molecule has 2 aromatic carbocycles. The van der Waals surface area contributed by atoms with Gasteiger partial charge in [-0.25, -0.2) is 0 Å². The summed E-state index contributed by atoms with van der Waals surface area (Å²) in [6, 6.07) is 12.9. The highest BCUT2D eigenvalue weighted by Gasteiger charge is 2.20. The van der Waals surface area contributed by atoms with Crippen LogP contribution in [0, 0.1) is 6.92 Å². The van der Waals surface area contributed by atoms with Crippen molar-refractivity contribution in [3.05, 3.63) is 58.1 Å². The number of tetrazole rings is 1. The standard InChI is InChI=1S/C17H15Cl2N5OS/c1-10-6-8-12(9-7-10)24-17(21-22-23-24)26-11(2)16(25)20-14-5-3-4-13(18)15(14)19/h3-9,11H,1-2H3,(H,20,25). The number of nitrogens with zero attached hydrogens (tertiary/aromatic N) is 4. The molecule has 26 heavy (non-hydrogen) atoms. The number of carbonyl (C=O) groups is 1. The number of carbonyl (C=O) groups excluding carboxylic acids is 1. The van der Waals surface area contributed by atoms with Crippen molar-refractivity contribution >= 4 is 46.6 Å². The Morgan fingerprint density at radius 3 is 2.65 bits per heavy atom. The molecule has 1 atom stereocenters. The minimum atomic E-state index is -0.444. The van der Waals surface area contributed by atoms with Crippen molar-refractivity contribution in [1.82, 2.24) is 20.2 Å². The largest absolute Gasteiger partial charge is 0.324 e. The van der Waals surface area contributed by atoms with E-state index in [1.807, 2.05) is 31.2 Å². The van der Waals surface area contributed by atoms with Crippen LogP contribution in [0.4, 0.5) is 5.69 Å². The fraction of sp³-hybridized carbons (Fsp3) is 0.176. The fourth-order valence-electron chi connectivity index (χ4n) is 2.15. The van der Waals surface area contributed by atoms with E-state index in [2.05, 4.69) is 20.8 Å². The molecule has 3 rings (SSSR count). The Morgan fingerprint density at radius 1 is 1.19 bits per heavy atom. The molecule has 0 saturated heterocycles. The number of anilines is 1. The van der Waals surface area contributed by atoms with Gasteiger partial charge in [-0.15, -0.1) is 5.10 Å². The molecule has 0 fully saturated rings. The first kappa shape index (κ1) is 18.7. The van der Waals surface area contributed by atoms with Gasteiger partial charge in [-0.2, -0.15) is 4.68 Å². The molecule has 1 amide bonds. The maximum atomic E-state index is 12.5. The van der Waals surface area contributed by atoms with Crippen LogP contribution < -0.4 is 5.32 Å². The van der Waals surface area contributed by atoms with Gasteiger partial charge in [0.05, 0.1) is 26.7 Å². The van der Waals surface area contributed by atoms with Crippen LogP contribution in [0.25, 0.3) is 5.69 Å². The molecule has 0 aliphatic heterocycles. The first-order valence-electron chi connectivity index (χ1n) is 7.72. The van der Waals surface area contributed by atoms with Gasteiger partial charge in [0.25, 0.3) is 0 Å². The van der Waals surface area contributed by atoms with Gasteiger partial charge in [-0.1, -0.05) is 58.7 Å². The van der Waals surface area contributed by atoms with Gasteiger partial charge in [0, 0.05) is 0 Å². The quantitative estimate of drug-likeness (QED) is 0.634. The number of rotatable bonds is 5. The maximum absolute atomic E-state index is 12.5. The zero-order valence-corrected chi connectivity index (χ0v) is 16.3.